The predicted octanol–water partition coefficient (Wildman–Crippen LogP) is 3.57. The summed E-state index contributed by atoms with van der Waals surface area (Å²) in [4.78, 5) is 4.23. The van der Waals surface area contributed by atoms with Crippen LogP contribution in [0.5, 0.6) is 0 Å². The topological polar surface area (TPSA) is 34.2 Å². The van der Waals surface area contributed by atoms with Crippen molar-refractivity contribution in [3.05, 3.63) is 28.5 Å². The monoisotopic (exact) mass is 328 g/mol. The van der Waals surface area contributed by atoms with Gasteiger partial charge in [-0.2, -0.15) is 0 Å². The van der Waals surface area contributed by atoms with E-state index in [4.69, 9.17) is 4.74 Å². The molecule has 0 aromatic carbocycles. The highest BCUT2D eigenvalue weighted by atomic mass is 79.9. The number of hydrogen-bond acceptors (Lipinski definition) is 3. The zero-order chi connectivity index (χ0) is 14.3. The highest BCUT2D eigenvalue weighted by Gasteiger charge is 2.29. The van der Waals surface area contributed by atoms with Crippen molar-refractivity contribution in [2.24, 2.45) is 0 Å². The van der Waals surface area contributed by atoms with Gasteiger partial charge in [-0.1, -0.05) is 6.92 Å². The zero-order valence-corrected chi connectivity index (χ0v) is 14.0. The smallest absolute Gasteiger partial charge is 0.0781 e. The van der Waals surface area contributed by atoms with Crippen LogP contribution in [-0.4, -0.2) is 29.8 Å². The molecule has 0 radical (unpaired) electrons. The van der Waals surface area contributed by atoms with Gasteiger partial charge in [-0.3, -0.25) is 4.98 Å². The van der Waals surface area contributed by atoms with Crippen LogP contribution in [0.3, 0.4) is 0 Å². The molecule has 0 amide bonds. The Morgan fingerprint density at radius 1 is 1.37 bits per heavy atom. The highest BCUT2D eigenvalue weighted by molar-refractivity contribution is 9.10. The fourth-order valence-electron chi connectivity index (χ4n) is 2.16. The quantitative estimate of drug-likeness (QED) is 0.792. The Hall–Kier alpha value is -0.450. The molecule has 1 atom stereocenters. The molecule has 0 spiro atoms. The Labute approximate surface area is 125 Å². The number of hydrogen-bond donors (Lipinski definition) is 1. The molecule has 4 heteroatoms. The lowest BCUT2D eigenvalue weighted by Crippen LogP contribution is -2.50. The third-order valence-electron chi connectivity index (χ3n) is 3.20. The number of ether oxygens (including phenoxy) is 1. The van der Waals surface area contributed by atoms with E-state index in [9.17, 15) is 0 Å². The van der Waals surface area contributed by atoms with Crippen LogP contribution < -0.4 is 5.32 Å². The molecule has 0 aliphatic rings. The van der Waals surface area contributed by atoms with Gasteiger partial charge < -0.3 is 10.1 Å². The van der Waals surface area contributed by atoms with Gasteiger partial charge in [0, 0.05) is 29.5 Å². The number of halogens is 1. The van der Waals surface area contributed by atoms with E-state index in [1.807, 2.05) is 19.3 Å². The molecule has 1 unspecified atom stereocenters. The molecule has 1 rings (SSSR count). The fraction of sp³-hybridized carbons (Fsp3) is 0.667. The molecule has 0 saturated carbocycles. The molecule has 1 aromatic heterocycles. The number of aromatic nitrogens is 1. The van der Waals surface area contributed by atoms with Crippen molar-refractivity contribution in [2.75, 3.05) is 13.2 Å². The summed E-state index contributed by atoms with van der Waals surface area (Å²) in [6.45, 7) is 10.2. The van der Waals surface area contributed by atoms with Crippen LogP contribution in [-0.2, 0) is 11.2 Å². The van der Waals surface area contributed by atoms with Crippen molar-refractivity contribution < 1.29 is 4.74 Å². The molecule has 0 aliphatic heterocycles. The van der Waals surface area contributed by atoms with Gasteiger partial charge in [0.2, 0.25) is 0 Å². The fourth-order valence-corrected chi connectivity index (χ4v) is 2.57. The lowest BCUT2D eigenvalue weighted by Gasteiger charge is -2.35. The van der Waals surface area contributed by atoms with Gasteiger partial charge in [0.1, 0.15) is 0 Å². The van der Waals surface area contributed by atoms with Crippen molar-refractivity contribution in [3.63, 3.8) is 0 Å². The Balaban J connectivity index is 2.79. The first-order chi connectivity index (χ1) is 8.99. The lowest BCUT2D eigenvalue weighted by molar-refractivity contribution is -0.0380. The highest BCUT2D eigenvalue weighted by Crippen LogP contribution is 2.20. The van der Waals surface area contributed by atoms with Crippen molar-refractivity contribution >= 4 is 15.9 Å². The van der Waals surface area contributed by atoms with Gasteiger partial charge in [-0.25, -0.2) is 0 Å². The molecule has 1 heterocycles. The molecular formula is C15H25BrN2O. The zero-order valence-electron chi connectivity index (χ0n) is 12.4. The number of nitrogens with zero attached hydrogens (tertiary/aromatic N) is 1. The van der Waals surface area contributed by atoms with Gasteiger partial charge in [-0.15, -0.1) is 0 Å². The van der Waals surface area contributed by atoms with E-state index >= 15 is 0 Å². The van der Waals surface area contributed by atoms with Crippen LogP contribution in [0.25, 0.3) is 0 Å². The lowest BCUT2D eigenvalue weighted by atomic mass is 9.92. The van der Waals surface area contributed by atoms with Gasteiger partial charge in [0.15, 0.2) is 0 Å². The van der Waals surface area contributed by atoms with Crippen LogP contribution in [0.1, 0.15) is 39.7 Å². The van der Waals surface area contributed by atoms with Crippen LogP contribution in [0.2, 0.25) is 0 Å². The standard InChI is InChI=1S/C15H25BrN2O/c1-5-7-18-14(15(3,4)19-6-2)9-12-8-13(16)11-17-10-12/h8,10-11,14,18H,5-7,9H2,1-4H3. The summed E-state index contributed by atoms with van der Waals surface area (Å²) in [5, 5.41) is 3.59. The van der Waals surface area contributed by atoms with Crippen LogP contribution >= 0.6 is 15.9 Å². The largest absolute Gasteiger partial charge is 0.374 e. The third kappa shape index (κ3) is 5.59. The molecule has 108 valence electrons. The Morgan fingerprint density at radius 3 is 2.68 bits per heavy atom. The van der Waals surface area contributed by atoms with Crippen LogP contribution in [0.4, 0.5) is 0 Å². The minimum Gasteiger partial charge on any atom is -0.374 e. The molecule has 19 heavy (non-hydrogen) atoms. The molecule has 1 aromatic rings. The second-order valence-corrected chi connectivity index (χ2v) is 6.17. The number of pyridine rings is 1. The maximum Gasteiger partial charge on any atom is 0.0781 e. The normalized spacial score (nSPS) is 13.5. The van der Waals surface area contributed by atoms with Gasteiger partial charge in [-0.05, 0) is 67.7 Å². The van der Waals surface area contributed by atoms with E-state index in [0.717, 1.165) is 30.5 Å². The summed E-state index contributed by atoms with van der Waals surface area (Å²) >= 11 is 3.47. The summed E-state index contributed by atoms with van der Waals surface area (Å²) in [6.07, 6.45) is 5.77. The molecule has 0 bridgehead atoms. The van der Waals surface area contributed by atoms with E-state index in [2.05, 4.69) is 53.1 Å². The molecule has 0 aliphatic carbocycles. The summed E-state index contributed by atoms with van der Waals surface area (Å²) in [7, 11) is 0. The Morgan fingerprint density at radius 2 is 2.11 bits per heavy atom. The van der Waals surface area contributed by atoms with E-state index in [1.165, 1.54) is 5.56 Å². The third-order valence-corrected chi connectivity index (χ3v) is 3.63. The summed E-state index contributed by atoms with van der Waals surface area (Å²) in [5.41, 5.74) is 1.03. The minimum absolute atomic E-state index is 0.188. The number of rotatable bonds is 8. The van der Waals surface area contributed by atoms with Gasteiger partial charge >= 0.3 is 0 Å². The van der Waals surface area contributed by atoms with E-state index < -0.39 is 0 Å². The Bertz CT molecular complexity index is 382. The maximum atomic E-state index is 5.90. The van der Waals surface area contributed by atoms with Crippen molar-refractivity contribution in [3.8, 4) is 0 Å². The summed E-state index contributed by atoms with van der Waals surface area (Å²) < 4.78 is 6.92. The van der Waals surface area contributed by atoms with Gasteiger partial charge in [0.25, 0.3) is 0 Å². The first-order valence-corrected chi connectivity index (χ1v) is 7.75. The Kier molecular flexibility index (Phi) is 6.97. The number of nitrogens with one attached hydrogen (secondary N) is 1. The van der Waals surface area contributed by atoms with Crippen molar-refractivity contribution in [1.82, 2.24) is 10.3 Å². The van der Waals surface area contributed by atoms with E-state index in [-0.39, 0.29) is 11.6 Å². The molecule has 0 saturated heterocycles. The second-order valence-electron chi connectivity index (χ2n) is 5.26. The van der Waals surface area contributed by atoms with Gasteiger partial charge in [0.05, 0.1) is 5.60 Å². The van der Waals surface area contributed by atoms with Crippen LogP contribution in [0, 0.1) is 0 Å². The molecule has 3 nitrogen and oxygen atoms in total. The summed E-state index contributed by atoms with van der Waals surface area (Å²) in [6, 6.07) is 2.40. The molecule has 0 fully saturated rings. The summed E-state index contributed by atoms with van der Waals surface area (Å²) in [5.74, 6) is 0. The van der Waals surface area contributed by atoms with Crippen molar-refractivity contribution in [1.29, 1.82) is 0 Å². The average molecular weight is 329 g/mol. The van der Waals surface area contributed by atoms with E-state index in [1.54, 1.807) is 0 Å². The second kappa shape index (κ2) is 7.98. The first kappa shape index (κ1) is 16.6. The maximum absolute atomic E-state index is 5.90. The molecular weight excluding hydrogens is 304 g/mol. The SMILES string of the molecule is CCCNC(Cc1cncc(Br)c1)C(C)(C)OCC. The van der Waals surface area contributed by atoms with Crippen LogP contribution in [0.15, 0.2) is 22.9 Å². The average Bonchev–Trinajstić information content (AvgIpc) is 2.34. The van der Waals surface area contributed by atoms with E-state index in [0.29, 0.717) is 0 Å². The predicted molar refractivity (Wildman–Crippen MR) is 83.4 cm³/mol. The van der Waals surface area contributed by atoms with Crippen molar-refractivity contribution in [2.45, 2.75) is 52.2 Å². The molecule has 1 N–H and O–H groups in total. The minimum atomic E-state index is -0.188. The first-order valence-electron chi connectivity index (χ1n) is 6.96.